The van der Waals surface area contributed by atoms with Crippen molar-refractivity contribution in [2.24, 2.45) is 5.10 Å². The minimum absolute atomic E-state index is 0.368. The summed E-state index contributed by atoms with van der Waals surface area (Å²) < 4.78 is 16.4. The van der Waals surface area contributed by atoms with Gasteiger partial charge in [0.2, 0.25) is 0 Å². The van der Waals surface area contributed by atoms with Gasteiger partial charge in [0.1, 0.15) is 5.75 Å². The molecule has 2 aromatic carbocycles. The van der Waals surface area contributed by atoms with Gasteiger partial charge in [0.15, 0.2) is 11.5 Å². The first kappa shape index (κ1) is 20.6. The first-order chi connectivity index (χ1) is 13.1. The average molecular weight is 391 g/mol. The maximum Gasteiger partial charge on any atom is 0.271 e. The predicted molar refractivity (Wildman–Crippen MR) is 106 cm³/mol. The highest BCUT2D eigenvalue weighted by Crippen LogP contribution is 2.28. The molecule has 144 valence electrons. The Hall–Kier alpha value is -2.73. The van der Waals surface area contributed by atoms with E-state index in [1.54, 1.807) is 43.5 Å². The molecule has 0 unspecified atom stereocenters. The zero-order valence-electron chi connectivity index (χ0n) is 15.6. The molecule has 0 fully saturated rings. The Kier molecular flexibility index (Phi) is 7.95. The number of ether oxygens (including phenoxy) is 3. The largest absolute Gasteiger partial charge is 0.493 e. The monoisotopic (exact) mass is 390 g/mol. The van der Waals surface area contributed by atoms with Crippen LogP contribution in [0.1, 0.15) is 36.2 Å². The Bertz CT molecular complexity index is 809. The Labute approximate surface area is 164 Å². The molecule has 2 rings (SSSR count). The van der Waals surface area contributed by atoms with Crippen molar-refractivity contribution >= 4 is 23.7 Å². The van der Waals surface area contributed by atoms with Gasteiger partial charge in [-0.25, -0.2) is 5.43 Å². The molecule has 0 heterocycles. The fraction of sp³-hybridized carbons (Fsp3) is 0.300. The van der Waals surface area contributed by atoms with Crippen molar-refractivity contribution in [2.45, 2.75) is 20.3 Å². The second-order valence-electron chi connectivity index (χ2n) is 5.53. The van der Waals surface area contributed by atoms with Crippen molar-refractivity contribution in [1.82, 2.24) is 5.43 Å². The number of carbonyl (C=O) groups is 1. The van der Waals surface area contributed by atoms with Gasteiger partial charge in [0.25, 0.3) is 5.91 Å². The van der Waals surface area contributed by atoms with Crippen LogP contribution in [-0.4, -0.2) is 32.4 Å². The van der Waals surface area contributed by atoms with E-state index in [4.69, 9.17) is 25.8 Å². The summed E-state index contributed by atoms with van der Waals surface area (Å²) in [6.07, 6.45) is 2.39. The number of nitrogens with one attached hydrogen (secondary N) is 1. The van der Waals surface area contributed by atoms with Gasteiger partial charge in [-0.3, -0.25) is 4.79 Å². The minimum atomic E-state index is -0.368. The molecule has 0 saturated heterocycles. The number of hydrogen-bond acceptors (Lipinski definition) is 5. The van der Waals surface area contributed by atoms with Crippen molar-refractivity contribution < 1.29 is 19.0 Å². The number of benzene rings is 2. The predicted octanol–water partition coefficient (Wildman–Crippen LogP) is 4.30. The van der Waals surface area contributed by atoms with E-state index in [0.29, 0.717) is 46.6 Å². The van der Waals surface area contributed by atoms with E-state index in [0.717, 1.165) is 6.42 Å². The lowest BCUT2D eigenvalue weighted by Crippen LogP contribution is -2.17. The lowest BCUT2D eigenvalue weighted by atomic mass is 10.2. The van der Waals surface area contributed by atoms with Crippen LogP contribution in [0.25, 0.3) is 0 Å². The molecule has 0 atom stereocenters. The fourth-order valence-electron chi connectivity index (χ4n) is 2.27. The molecule has 0 bridgehead atoms. The highest BCUT2D eigenvalue weighted by Gasteiger charge is 2.11. The zero-order valence-corrected chi connectivity index (χ0v) is 16.4. The van der Waals surface area contributed by atoms with Crippen LogP contribution >= 0.6 is 11.6 Å². The van der Waals surface area contributed by atoms with E-state index in [2.05, 4.69) is 10.5 Å². The standard InChI is InChI=1S/C20H23ClN2O4/c1-4-10-27-17-9-7-16(21)11-15(17)13-22-23-20(24)14-6-8-18(25-3)19(12-14)26-5-2/h6-9,11-13H,4-5,10H2,1-3H3,(H,23,24)/b22-13+. The molecular formula is C20H23ClN2O4. The molecule has 1 N–H and O–H groups in total. The van der Waals surface area contributed by atoms with Gasteiger partial charge in [-0.1, -0.05) is 18.5 Å². The maximum absolute atomic E-state index is 12.3. The Morgan fingerprint density at radius 3 is 2.59 bits per heavy atom. The molecule has 0 saturated carbocycles. The molecule has 0 spiro atoms. The van der Waals surface area contributed by atoms with E-state index in [9.17, 15) is 4.79 Å². The van der Waals surface area contributed by atoms with Crippen LogP contribution < -0.4 is 19.6 Å². The first-order valence-electron chi connectivity index (χ1n) is 8.65. The van der Waals surface area contributed by atoms with Gasteiger partial charge >= 0.3 is 0 Å². The van der Waals surface area contributed by atoms with Crippen molar-refractivity contribution in [3.05, 3.63) is 52.5 Å². The summed E-state index contributed by atoms with van der Waals surface area (Å²) in [6.45, 7) is 4.94. The Morgan fingerprint density at radius 1 is 1.11 bits per heavy atom. The molecule has 0 aliphatic rings. The van der Waals surface area contributed by atoms with Gasteiger partial charge < -0.3 is 14.2 Å². The quantitative estimate of drug-likeness (QED) is 0.512. The second-order valence-corrected chi connectivity index (χ2v) is 5.96. The molecule has 0 aromatic heterocycles. The van der Waals surface area contributed by atoms with Crippen LogP contribution in [-0.2, 0) is 0 Å². The van der Waals surface area contributed by atoms with Crippen LogP contribution in [0.4, 0.5) is 0 Å². The van der Waals surface area contributed by atoms with Crippen molar-refractivity contribution in [1.29, 1.82) is 0 Å². The molecular weight excluding hydrogens is 368 g/mol. The summed E-state index contributed by atoms with van der Waals surface area (Å²) in [4.78, 5) is 12.3. The second kappa shape index (κ2) is 10.4. The molecule has 0 aliphatic carbocycles. The van der Waals surface area contributed by atoms with Gasteiger partial charge in [-0.2, -0.15) is 5.10 Å². The number of methoxy groups -OCH3 is 1. The maximum atomic E-state index is 12.3. The summed E-state index contributed by atoms with van der Waals surface area (Å²) >= 11 is 6.03. The van der Waals surface area contributed by atoms with E-state index >= 15 is 0 Å². The van der Waals surface area contributed by atoms with E-state index in [-0.39, 0.29) is 5.91 Å². The number of hydrogen-bond donors (Lipinski definition) is 1. The van der Waals surface area contributed by atoms with E-state index in [1.807, 2.05) is 13.8 Å². The van der Waals surface area contributed by atoms with E-state index in [1.165, 1.54) is 6.21 Å². The summed E-state index contributed by atoms with van der Waals surface area (Å²) in [5.74, 6) is 1.35. The van der Waals surface area contributed by atoms with Gasteiger partial charge in [0.05, 0.1) is 26.5 Å². The smallest absolute Gasteiger partial charge is 0.271 e. The van der Waals surface area contributed by atoms with Crippen molar-refractivity contribution in [3.63, 3.8) is 0 Å². The van der Waals surface area contributed by atoms with Gasteiger partial charge in [0, 0.05) is 16.1 Å². The highest BCUT2D eigenvalue weighted by atomic mass is 35.5. The van der Waals surface area contributed by atoms with Crippen LogP contribution in [0.5, 0.6) is 17.2 Å². The normalized spacial score (nSPS) is 10.7. The third-order valence-corrected chi connectivity index (χ3v) is 3.76. The number of hydrazone groups is 1. The van der Waals surface area contributed by atoms with Crippen LogP contribution in [0.3, 0.4) is 0 Å². The number of rotatable bonds is 9. The first-order valence-corrected chi connectivity index (χ1v) is 9.03. The van der Waals surface area contributed by atoms with Crippen LogP contribution in [0, 0.1) is 0 Å². The lowest BCUT2D eigenvalue weighted by Gasteiger charge is -2.10. The molecule has 7 heteroatoms. The lowest BCUT2D eigenvalue weighted by molar-refractivity contribution is 0.0954. The van der Waals surface area contributed by atoms with Crippen molar-refractivity contribution in [3.8, 4) is 17.2 Å². The van der Waals surface area contributed by atoms with E-state index < -0.39 is 0 Å². The van der Waals surface area contributed by atoms with Crippen LogP contribution in [0.2, 0.25) is 5.02 Å². The number of nitrogens with zero attached hydrogens (tertiary/aromatic N) is 1. The average Bonchev–Trinajstić information content (AvgIpc) is 2.67. The summed E-state index contributed by atoms with van der Waals surface area (Å²) in [5, 5.41) is 4.57. The molecule has 6 nitrogen and oxygen atoms in total. The minimum Gasteiger partial charge on any atom is -0.493 e. The molecule has 27 heavy (non-hydrogen) atoms. The van der Waals surface area contributed by atoms with Gasteiger partial charge in [-0.05, 0) is 49.7 Å². The zero-order chi connectivity index (χ0) is 19.6. The molecule has 1 amide bonds. The fourth-order valence-corrected chi connectivity index (χ4v) is 2.46. The summed E-state index contributed by atoms with van der Waals surface area (Å²) in [6, 6.07) is 10.2. The third kappa shape index (κ3) is 5.89. The Morgan fingerprint density at radius 2 is 1.89 bits per heavy atom. The van der Waals surface area contributed by atoms with Crippen LogP contribution in [0.15, 0.2) is 41.5 Å². The highest BCUT2D eigenvalue weighted by molar-refractivity contribution is 6.30. The summed E-state index contributed by atoms with van der Waals surface area (Å²) in [5.41, 5.74) is 3.58. The summed E-state index contributed by atoms with van der Waals surface area (Å²) in [7, 11) is 1.55. The molecule has 2 aromatic rings. The van der Waals surface area contributed by atoms with Gasteiger partial charge in [-0.15, -0.1) is 0 Å². The Balaban J connectivity index is 2.11. The van der Waals surface area contributed by atoms with Crippen molar-refractivity contribution in [2.75, 3.05) is 20.3 Å². The number of halogens is 1. The molecule has 0 radical (unpaired) electrons. The number of amides is 1. The topological polar surface area (TPSA) is 69.2 Å². The SMILES string of the molecule is CCCOc1ccc(Cl)cc1/C=N/NC(=O)c1ccc(OC)c(OCC)c1. The molecule has 0 aliphatic heterocycles. The third-order valence-electron chi connectivity index (χ3n) is 3.53. The number of carbonyl (C=O) groups excluding carboxylic acids is 1.